The van der Waals surface area contributed by atoms with Crippen LogP contribution in [0.15, 0.2) is 22.9 Å². The van der Waals surface area contributed by atoms with Gasteiger partial charge < -0.3 is 5.73 Å². The molecule has 3 heteroatoms. The van der Waals surface area contributed by atoms with Gasteiger partial charge in [-0.15, -0.1) is 0 Å². The Morgan fingerprint density at radius 1 is 1.27 bits per heavy atom. The summed E-state index contributed by atoms with van der Waals surface area (Å²) in [5.74, 6) is 0.648. The molecule has 15 heavy (non-hydrogen) atoms. The van der Waals surface area contributed by atoms with E-state index >= 15 is 0 Å². The van der Waals surface area contributed by atoms with Gasteiger partial charge in [0, 0.05) is 22.9 Å². The van der Waals surface area contributed by atoms with E-state index < -0.39 is 0 Å². The van der Waals surface area contributed by atoms with Gasteiger partial charge in [-0.3, -0.25) is 4.98 Å². The molecule has 0 aromatic carbocycles. The van der Waals surface area contributed by atoms with Gasteiger partial charge in [-0.05, 0) is 46.3 Å². The Labute approximate surface area is 99.4 Å². The van der Waals surface area contributed by atoms with Crippen LogP contribution < -0.4 is 5.73 Å². The Bertz CT molecular complexity index is 321. The van der Waals surface area contributed by atoms with E-state index in [1.807, 2.05) is 6.20 Å². The highest BCUT2D eigenvalue weighted by atomic mass is 79.9. The van der Waals surface area contributed by atoms with Crippen LogP contribution in [0.25, 0.3) is 0 Å². The molecule has 1 fully saturated rings. The summed E-state index contributed by atoms with van der Waals surface area (Å²) in [5, 5.41) is 0. The van der Waals surface area contributed by atoms with E-state index in [0.717, 1.165) is 10.0 Å². The number of hydrogen-bond acceptors (Lipinski definition) is 2. The number of aromatic nitrogens is 1. The summed E-state index contributed by atoms with van der Waals surface area (Å²) in [7, 11) is 0. The van der Waals surface area contributed by atoms with Crippen molar-refractivity contribution in [1.29, 1.82) is 0 Å². The molecule has 1 heterocycles. The number of pyridine rings is 1. The van der Waals surface area contributed by atoms with E-state index in [1.54, 1.807) is 6.20 Å². The van der Waals surface area contributed by atoms with E-state index in [2.05, 4.69) is 27.0 Å². The van der Waals surface area contributed by atoms with Gasteiger partial charge in [-0.2, -0.15) is 0 Å². The molecule has 0 bridgehead atoms. The average molecular weight is 269 g/mol. The number of halogens is 1. The van der Waals surface area contributed by atoms with Crippen LogP contribution in [0.2, 0.25) is 0 Å². The Morgan fingerprint density at radius 2 is 2.00 bits per heavy atom. The zero-order chi connectivity index (χ0) is 10.7. The largest absolute Gasteiger partial charge is 0.324 e. The summed E-state index contributed by atoms with van der Waals surface area (Å²) in [6.45, 7) is 0. The van der Waals surface area contributed by atoms with Crippen molar-refractivity contribution in [2.24, 2.45) is 11.7 Å². The van der Waals surface area contributed by atoms with Gasteiger partial charge >= 0.3 is 0 Å². The van der Waals surface area contributed by atoms with Crippen LogP contribution >= 0.6 is 15.9 Å². The fraction of sp³-hybridized carbons (Fsp3) is 0.583. The quantitative estimate of drug-likeness (QED) is 0.893. The van der Waals surface area contributed by atoms with E-state index in [4.69, 9.17) is 5.73 Å². The maximum Gasteiger partial charge on any atom is 0.0410 e. The second-order valence-corrected chi connectivity index (χ2v) is 5.28. The third-order valence-corrected chi connectivity index (χ3v) is 3.70. The first-order valence-corrected chi connectivity index (χ1v) is 6.42. The first kappa shape index (κ1) is 11.1. The van der Waals surface area contributed by atoms with Gasteiger partial charge in [-0.25, -0.2) is 0 Å². The number of nitrogens with zero attached hydrogens (tertiary/aromatic N) is 1. The molecule has 0 unspecified atom stereocenters. The van der Waals surface area contributed by atoms with Crippen molar-refractivity contribution in [2.75, 3.05) is 0 Å². The molecule has 0 spiro atoms. The molecule has 2 nitrogen and oxygen atoms in total. The van der Waals surface area contributed by atoms with Crippen LogP contribution in [0.1, 0.15) is 43.7 Å². The van der Waals surface area contributed by atoms with E-state index in [1.165, 1.54) is 32.1 Å². The molecule has 0 aliphatic heterocycles. The third-order valence-electron chi connectivity index (χ3n) is 3.27. The fourth-order valence-electron chi connectivity index (χ4n) is 2.38. The molecule has 1 aromatic rings. The van der Waals surface area contributed by atoms with Gasteiger partial charge in [0.1, 0.15) is 0 Å². The zero-order valence-corrected chi connectivity index (χ0v) is 10.4. The molecule has 1 aliphatic rings. The molecular formula is C12H17BrN2. The molecule has 2 N–H and O–H groups in total. The smallest absolute Gasteiger partial charge is 0.0410 e. The molecule has 1 aliphatic carbocycles. The molecular weight excluding hydrogens is 252 g/mol. The van der Waals surface area contributed by atoms with Gasteiger partial charge in [0.05, 0.1) is 0 Å². The average Bonchev–Trinajstić information content (AvgIpc) is 2.29. The van der Waals surface area contributed by atoms with Crippen molar-refractivity contribution >= 4 is 15.9 Å². The molecule has 0 radical (unpaired) electrons. The number of rotatable bonds is 2. The van der Waals surface area contributed by atoms with E-state index in [9.17, 15) is 0 Å². The summed E-state index contributed by atoms with van der Waals surface area (Å²) in [6, 6.07) is 2.25. The second kappa shape index (κ2) is 5.08. The number of nitrogens with two attached hydrogens (primary N) is 1. The third kappa shape index (κ3) is 2.79. The maximum atomic E-state index is 6.28. The minimum Gasteiger partial charge on any atom is -0.324 e. The fourth-order valence-corrected chi connectivity index (χ4v) is 2.76. The van der Waals surface area contributed by atoms with E-state index in [-0.39, 0.29) is 6.04 Å². The summed E-state index contributed by atoms with van der Waals surface area (Å²) in [4.78, 5) is 4.17. The van der Waals surface area contributed by atoms with Crippen LogP contribution in [-0.4, -0.2) is 4.98 Å². The summed E-state index contributed by atoms with van der Waals surface area (Å²) in [6.07, 6.45) is 10.3. The number of hydrogen-bond donors (Lipinski definition) is 1. The van der Waals surface area contributed by atoms with Crippen molar-refractivity contribution in [3.63, 3.8) is 0 Å². The Hall–Kier alpha value is -0.410. The molecule has 1 saturated carbocycles. The second-order valence-electron chi connectivity index (χ2n) is 4.36. The Kier molecular flexibility index (Phi) is 3.76. The van der Waals surface area contributed by atoms with Gasteiger partial charge in [0.15, 0.2) is 0 Å². The van der Waals surface area contributed by atoms with Crippen molar-refractivity contribution in [1.82, 2.24) is 4.98 Å². The summed E-state index contributed by atoms with van der Waals surface area (Å²) in [5.41, 5.74) is 7.44. The standard InChI is InChI=1S/C12H17BrN2/c13-11-6-10(7-15-8-11)12(14)9-4-2-1-3-5-9/h6-9,12H,1-5,14H2/t12-/m0/s1. The monoisotopic (exact) mass is 268 g/mol. The molecule has 0 saturated heterocycles. The summed E-state index contributed by atoms with van der Waals surface area (Å²) < 4.78 is 1.02. The molecule has 1 atom stereocenters. The van der Waals surface area contributed by atoms with Crippen molar-refractivity contribution < 1.29 is 0 Å². The van der Waals surface area contributed by atoms with Crippen molar-refractivity contribution in [3.8, 4) is 0 Å². The van der Waals surface area contributed by atoms with Gasteiger partial charge in [0.2, 0.25) is 0 Å². The van der Waals surface area contributed by atoms with Crippen LogP contribution in [0.3, 0.4) is 0 Å². The molecule has 1 aromatic heterocycles. The normalized spacial score (nSPS) is 20.1. The van der Waals surface area contributed by atoms with Crippen LogP contribution in [0.4, 0.5) is 0 Å². The lowest BCUT2D eigenvalue weighted by molar-refractivity contribution is 0.308. The molecule has 2 rings (SSSR count). The highest BCUT2D eigenvalue weighted by Gasteiger charge is 2.21. The summed E-state index contributed by atoms with van der Waals surface area (Å²) >= 11 is 3.44. The predicted octanol–water partition coefficient (Wildman–Crippen LogP) is 3.42. The van der Waals surface area contributed by atoms with Crippen LogP contribution in [0, 0.1) is 5.92 Å². The highest BCUT2D eigenvalue weighted by Crippen LogP contribution is 2.33. The first-order valence-electron chi connectivity index (χ1n) is 5.63. The van der Waals surface area contributed by atoms with Crippen LogP contribution in [0.5, 0.6) is 0 Å². The Morgan fingerprint density at radius 3 is 2.67 bits per heavy atom. The minimum absolute atomic E-state index is 0.162. The van der Waals surface area contributed by atoms with Gasteiger partial charge in [-0.1, -0.05) is 19.3 Å². The highest BCUT2D eigenvalue weighted by molar-refractivity contribution is 9.10. The van der Waals surface area contributed by atoms with Crippen LogP contribution in [-0.2, 0) is 0 Å². The Balaban J connectivity index is 2.08. The van der Waals surface area contributed by atoms with Gasteiger partial charge in [0.25, 0.3) is 0 Å². The predicted molar refractivity (Wildman–Crippen MR) is 65.4 cm³/mol. The topological polar surface area (TPSA) is 38.9 Å². The van der Waals surface area contributed by atoms with Crippen molar-refractivity contribution in [2.45, 2.75) is 38.1 Å². The maximum absolute atomic E-state index is 6.28. The molecule has 82 valence electrons. The lowest BCUT2D eigenvalue weighted by Crippen LogP contribution is -2.23. The first-order chi connectivity index (χ1) is 7.27. The SMILES string of the molecule is N[C@H](c1cncc(Br)c1)C1CCCCC1. The van der Waals surface area contributed by atoms with Crippen molar-refractivity contribution in [3.05, 3.63) is 28.5 Å². The zero-order valence-electron chi connectivity index (χ0n) is 8.82. The molecule has 0 amide bonds. The lowest BCUT2D eigenvalue weighted by atomic mass is 9.82. The minimum atomic E-state index is 0.162. The lowest BCUT2D eigenvalue weighted by Gasteiger charge is -2.27. The van der Waals surface area contributed by atoms with E-state index in [0.29, 0.717) is 5.92 Å².